The molecule has 2 aliphatic rings. The summed E-state index contributed by atoms with van der Waals surface area (Å²) in [7, 11) is 2.72. The molecule has 1 aliphatic heterocycles. The van der Waals surface area contributed by atoms with Crippen LogP contribution in [0, 0.1) is 11.3 Å². The Morgan fingerprint density at radius 1 is 1.14 bits per heavy atom. The van der Waals surface area contributed by atoms with E-state index in [1.807, 2.05) is 30.3 Å². The zero-order valence-corrected chi connectivity index (χ0v) is 20.3. The lowest BCUT2D eigenvalue weighted by Gasteiger charge is -2.46. The van der Waals surface area contributed by atoms with Gasteiger partial charge >= 0.3 is 6.18 Å². The fraction of sp³-hybridized carbons (Fsp3) is 0.370. The van der Waals surface area contributed by atoms with E-state index >= 15 is 13.2 Å². The number of hydrogen-bond donors (Lipinski definition) is 2. The number of halogens is 4. The maximum absolute atomic E-state index is 15.2. The number of carbonyl (C=O) groups excluding carboxylic acids is 1. The maximum atomic E-state index is 15.2. The molecule has 1 amide bonds. The number of methoxy groups -OCH3 is 1. The van der Waals surface area contributed by atoms with Crippen molar-refractivity contribution in [1.82, 2.24) is 10.6 Å². The number of benzene rings is 2. The monoisotopic (exact) mass is 504 g/mol. The Hall–Kier alpha value is -2.61. The van der Waals surface area contributed by atoms with Gasteiger partial charge in [-0.2, -0.15) is 13.2 Å². The molecule has 1 heterocycles. The Morgan fingerprint density at radius 3 is 2.37 bits per heavy atom. The second-order valence-corrected chi connectivity index (χ2v) is 9.41. The van der Waals surface area contributed by atoms with E-state index in [-0.39, 0.29) is 12.0 Å². The molecule has 1 saturated heterocycles. The predicted octanol–water partition coefficient (Wildman–Crippen LogP) is 5.20. The first-order chi connectivity index (χ1) is 16.7. The molecule has 186 valence electrons. The van der Waals surface area contributed by atoms with E-state index in [1.54, 1.807) is 18.2 Å². The van der Waals surface area contributed by atoms with Crippen molar-refractivity contribution in [2.75, 3.05) is 27.2 Å². The van der Waals surface area contributed by atoms with Crippen LogP contribution < -0.4 is 10.6 Å². The van der Waals surface area contributed by atoms with E-state index in [0.717, 1.165) is 5.56 Å². The zero-order chi connectivity index (χ0) is 25.3. The molecule has 2 N–H and O–H groups in total. The number of carbonyl (C=O) groups is 1. The van der Waals surface area contributed by atoms with Crippen LogP contribution in [0.1, 0.15) is 17.5 Å². The van der Waals surface area contributed by atoms with Crippen LogP contribution in [-0.4, -0.2) is 39.3 Å². The normalized spacial score (nSPS) is 26.7. The number of rotatable bonds is 6. The van der Waals surface area contributed by atoms with Gasteiger partial charge in [0.25, 0.3) is 0 Å². The van der Waals surface area contributed by atoms with Gasteiger partial charge in [0.15, 0.2) is 0 Å². The van der Waals surface area contributed by atoms with Crippen LogP contribution in [0.3, 0.4) is 0 Å². The summed E-state index contributed by atoms with van der Waals surface area (Å²) in [5.74, 6) is -0.985. The lowest BCUT2D eigenvalue weighted by molar-refractivity contribution is -0.131. The number of ether oxygens (including phenoxy) is 1. The van der Waals surface area contributed by atoms with Crippen molar-refractivity contribution in [3.8, 4) is 0 Å². The zero-order valence-electron chi connectivity index (χ0n) is 19.6. The van der Waals surface area contributed by atoms with Gasteiger partial charge in [-0.25, -0.2) is 0 Å². The smallest absolute Gasteiger partial charge is 0.365 e. The molecule has 2 aromatic rings. The molecule has 4 nitrogen and oxygen atoms in total. The Labute approximate surface area is 208 Å². The maximum Gasteiger partial charge on any atom is 0.416 e. The molecule has 2 aromatic carbocycles. The van der Waals surface area contributed by atoms with Gasteiger partial charge in [0.2, 0.25) is 5.91 Å². The van der Waals surface area contributed by atoms with E-state index in [9.17, 15) is 4.79 Å². The highest BCUT2D eigenvalue weighted by molar-refractivity contribution is 6.30. The highest BCUT2D eigenvalue weighted by atomic mass is 35.5. The van der Waals surface area contributed by atoms with Gasteiger partial charge in [0, 0.05) is 25.7 Å². The van der Waals surface area contributed by atoms with Gasteiger partial charge in [-0.3, -0.25) is 4.79 Å². The second-order valence-electron chi connectivity index (χ2n) is 8.97. The SMILES string of the molecule is CNC(=O)C1(Cc2ccccc2)C=CC(OC)(c2ccc(Cl)cc2)C(C(F)(F)F)=C1C1CCNC1. The summed E-state index contributed by atoms with van der Waals surface area (Å²) in [5.41, 5.74) is -3.19. The minimum Gasteiger partial charge on any atom is -0.365 e. The summed E-state index contributed by atoms with van der Waals surface area (Å²) in [6.07, 6.45) is -1.19. The molecule has 0 spiro atoms. The first kappa shape index (κ1) is 25.5. The van der Waals surface area contributed by atoms with Crippen molar-refractivity contribution in [3.63, 3.8) is 0 Å². The van der Waals surface area contributed by atoms with Crippen LogP contribution in [0.15, 0.2) is 77.9 Å². The Kier molecular flexibility index (Phi) is 7.13. The molecular weight excluding hydrogens is 477 g/mol. The third kappa shape index (κ3) is 4.53. The van der Waals surface area contributed by atoms with E-state index in [2.05, 4.69) is 10.6 Å². The summed E-state index contributed by atoms with van der Waals surface area (Å²) < 4.78 is 51.3. The molecule has 4 rings (SSSR count). The van der Waals surface area contributed by atoms with Crippen LogP contribution in [-0.2, 0) is 21.6 Å². The van der Waals surface area contributed by atoms with E-state index < -0.39 is 34.6 Å². The van der Waals surface area contributed by atoms with Gasteiger partial charge in [0.05, 0.1) is 11.0 Å². The highest BCUT2D eigenvalue weighted by Crippen LogP contribution is 2.56. The van der Waals surface area contributed by atoms with Gasteiger partial charge in [0.1, 0.15) is 5.60 Å². The average Bonchev–Trinajstić information content (AvgIpc) is 3.38. The Morgan fingerprint density at radius 2 is 1.83 bits per heavy atom. The van der Waals surface area contributed by atoms with E-state index in [4.69, 9.17) is 16.3 Å². The minimum absolute atomic E-state index is 0.0532. The molecule has 0 aromatic heterocycles. The van der Waals surface area contributed by atoms with Gasteiger partial charge in [-0.05, 0) is 60.2 Å². The molecule has 0 bridgehead atoms. The predicted molar refractivity (Wildman–Crippen MR) is 130 cm³/mol. The first-order valence-electron chi connectivity index (χ1n) is 11.5. The Bertz CT molecular complexity index is 1130. The fourth-order valence-corrected chi connectivity index (χ4v) is 5.61. The van der Waals surface area contributed by atoms with Gasteiger partial charge in [-0.15, -0.1) is 0 Å². The van der Waals surface area contributed by atoms with Crippen LogP contribution in [0.25, 0.3) is 0 Å². The van der Waals surface area contributed by atoms with E-state index in [0.29, 0.717) is 30.1 Å². The molecule has 1 aliphatic carbocycles. The van der Waals surface area contributed by atoms with Crippen molar-refractivity contribution in [1.29, 1.82) is 0 Å². The van der Waals surface area contributed by atoms with Crippen LogP contribution in [0.5, 0.6) is 0 Å². The molecule has 8 heteroatoms. The fourth-order valence-electron chi connectivity index (χ4n) is 5.49. The summed E-state index contributed by atoms with van der Waals surface area (Å²) >= 11 is 6.04. The minimum atomic E-state index is -4.77. The molecule has 0 saturated carbocycles. The summed E-state index contributed by atoms with van der Waals surface area (Å²) in [4.78, 5) is 13.6. The first-order valence-corrected chi connectivity index (χ1v) is 11.9. The number of hydrogen-bond acceptors (Lipinski definition) is 3. The number of amides is 1. The molecular formula is C27H28ClF3N2O2. The highest BCUT2D eigenvalue weighted by Gasteiger charge is 2.59. The van der Waals surface area contributed by atoms with Crippen molar-refractivity contribution in [2.45, 2.75) is 24.6 Å². The van der Waals surface area contributed by atoms with Gasteiger partial charge < -0.3 is 15.4 Å². The Balaban J connectivity index is 2.07. The van der Waals surface area contributed by atoms with Crippen molar-refractivity contribution in [2.24, 2.45) is 11.3 Å². The quantitative estimate of drug-likeness (QED) is 0.532. The third-order valence-corrected chi connectivity index (χ3v) is 7.28. The third-order valence-electron chi connectivity index (χ3n) is 7.03. The summed E-state index contributed by atoms with van der Waals surface area (Å²) in [5, 5.41) is 6.22. The standard InChI is InChI=1S/C27H28ClF3N2O2/c1-32-24(34)25(16-18-6-4-3-5-7-18)13-14-26(35-2,20-8-10-21(28)11-9-20)23(27(29,30)31)22(25)19-12-15-33-17-19/h3-11,13-14,19,33H,12,15-17H2,1-2H3,(H,32,34). The van der Waals surface area contributed by atoms with Gasteiger partial charge in [-0.1, -0.05) is 60.1 Å². The van der Waals surface area contributed by atoms with E-state index in [1.165, 1.54) is 32.4 Å². The molecule has 0 radical (unpaired) electrons. The molecule has 3 unspecified atom stereocenters. The van der Waals surface area contributed by atoms with Crippen LogP contribution in [0.2, 0.25) is 5.02 Å². The molecule has 1 fully saturated rings. The van der Waals surface area contributed by atoms with Crippen molar-refractivity contribution >= 4 is 17.5 Å². The van der Waals surface area contributed by atoms with Crippen molar-refractivity contribution in [3.05, 3.63) is 94.0 Å². The topological polar surface area (TPSA) is 50.4 Å². The molecule has 3 atom stereocenters. The average molecular weight is 505 g/mol. The van der Waals surface area contributed by atoms with Crippen molar-refractivity contribution < 1.29 is 22.7 Å². The summed E-state index contributed by atoms with van der Waals surface area (Å²) in [6, 6.07) is 15.3. The van der Waals surface area contributed by atoms with Crippen LogP contribution in [0.4, 0.5) is 13.2 Å². The lowest BCUT2D eigenvalue weighted by Crippen LogP contribution is -2.51. The second kappa shape index (κ2) is 9.80. The number of nitrogens with one attached hydrogen (secondary N) is 2. The molecule has 35 heavy (non-hydrogen) atoms. The van der Waals surface area contributed by atoms with Crippen LogP contribution >= 0.6 is 11.6 Å². The number of alkyl halides is 3. The lowest BCUT2D eigenvalue weighted by atomic mass is 9.61. The largest absolute Gasteiger partial charge is 0.416 e. The summed E-state index contributed by atoms with van der Waals surface area (Å²) in [6.45, 7) is 0.913.